The van der Waals surface area contributed by atoms with Crippen LogP contribution in [0.15, 0.2) is 29.6 Å². The summed E-state index contributed by atoms with van der Waals surface area (Å²) in [5.41, 5.74) is 0.373. The van der Waals surface area contributed by atoms with Crippen molar-refractivity contribution in [2.45, 2.75) is 30.5 Å². The van der Waals surface area contributed by atoms with E-state index in [0.29, 0.717) is 18.5 Å². The van der Waals surface area contributed by atoms with Gasteiger partial charge in [-0.25, -0.2) is 13.4 Å². The molecule has 1 unspecified atom stereocenters. The van der Waals surface area contributed by atoms with Crippen molar-refractivity contribution in [2.24, 2.45) is 0 Å². The topological polar surface area (TPSA) is 110 Å². The number of amides is 2. The number of imidazole rings is 1. The largest absolute Gasteiger partial charge is 0.354 e. The Morgan fingerprint density at radius 1 is 1.38 bits per heavy atom. The number of rotatable bonds is 3. The second kappa shape index (κ2) is 6.23. The summed E-state index contributed by atoms with van der Waals surface area (Å²) in [4.78, 5) is 28.5. The molecule has 3 rings (SSSR count). The molecule has 0 bridgehead atoms. The van der Waals surface area contributed by atoms with Crippen LogP contribution >= 0.6 is 0 Å². The van der Waals surface area contributed by atoms with Crippen LogP contribution in [0.2, 0.25) is 0 Å². The van der Waals surface area contributed by atoms with Gasteiger partial charge in [0, 0.05) is 19.0 Å². The van der Waals surface area contributed by atoms with Crippen LogP contribution in [0.1, 0.15) is 29.8 Å². The zero-order valence-electron chi connectivity index (χ0n) is 13.2. The van der Waals surface area contributed by atoms with Gasteiger partial charge in [-0.15, -0.1) is 0 Å². The minimum atomic E-state index is -3.60. The van der Waals surface area contributed by atoms with E-state index in [1.165, 1.54) is 10.6 Å². The van der Waals surface area contributed by atoms with Crippen molar-refractivity contribution in [3.05, 3.63) is 30.1 Å². The van der Waals surface area contributed by atoms with Gasteiger partial charge in [0.25, 0.3) is 5.91 Å². The van der Waals surface area contributed by atoms with Crippen LogP contribution < -0.4 is 10.6 Å². The molecule has 3 heterocycles. The zero-order chi connectivity index (χ0) is 17.3. The molecule has 1 fully saturated rings. The van der Waals surface area contributed by atoms with Crippen LogP contribution in [-0.2, 0) is 14.6 Å². The van der Waals surface area contributed by atoms with Crippen LogP contribution in [0.5, 0.6) is 0 Å². The first kappa shape index (κ1) is 16.4. The number of nitrogens with one attached hydrogen (secondary N) is 2. The highest BCUT2D eigenvalue weighted by atomic mass is 32.2. The van der Waals surface area contributed by atoms with Gasteiger partial charge in [0.1, 0.15) is 6.04 Å². The Labute approximate surface area is 139 Å². The third-order valence-electron chi connectivity index (χ3n) is 3.90. The predicted molar refractivity (Wildman–Crippen MR) is 86.4 cm³/mol. The Hall–Kier alpha value is -2.42. The number of sulfone groups is 1. The summed E-state index contributed by atoms with van der Waals surface area (Å²) in [6, 6.07) is 4.33. The average molecular weight is 350 g/mol. The number of hydrogen-bond acceptors (Lipinski definition) is 5. The highest BCUT2D eigenvalue weighted by Gasteiger charge is 2.27. The molecule has 1 aliphatic heterocycles. The summed E-state index contributed by atoms with van der Waals surface area (Å²) in [6.45, 7) is 0.594. The Balaban J connectivity index is 1.97. The molecule has 128 valence electrons. The van der Waals surface area contributed by atoms with Crippen molar-refractivity contribution in [1.29, 1.82) is 0 Å². The summed E-state index contributed by atoms with van der Waals surface area (Å²) < 4.78 is 25.1. The SMILES string of the molecule is CS(=O)(=O)c1nc(C(=O)NC2CCCCNC2=O)c2ccccn12. The molecular weight excluding hydrogens is 332 g/mol. The number of nitrogens with zero attached hydrogens (tertiary/aromatic N) is 2. The fraction of sp³-hybridized carbons (Fsp3) is 0.400. The first-order valence-corrected chi connectivity index (χ1v) is 9.53. The molecule has 0 aliphatic carbocycles. The summed E-state index contributed by atoms with van der Waals surface area (Å²) in [7, 11) is -3.60. The molecule has 9 heteroatoms. The standard InChI is InChI=1S/C15H18N4O4S/c1-24(22,23)15-18-12(11-7-3-5-9-19(11)15)14(21)17-10-6-2-4-8-16-13(10)20/h3,5,7,9-10H,2,4,6,8H2,1H3,(H,16,20)(H,17,21). The molecule has 0 saturated carbocycles. The number of fused-ring (bicyclic) bond motifs is 1. The van der Waals surface area contributed by atoms with Crippen molar-refractivity contribution in [1.82, 2.24) is 20.0 Å². The average Bonchev–Trinajstić information content (AvgIpc) is 2.82. The van der Waals surface area contributed by atoms with Crippen LogP contribution in [0.3, 0.4) is 0 Å². The Kier molecular flexibility index (Phi) is 4.27. The third kappa shape index (κ3) is 3.12. The van der Waals surface area contributed by atoms with Gasteiger partial charge in [-0.3, -0.25) is 14.0 Å². The third-order valence-corrected chi connectivity index (χ3v) is 4.85. The fourth-order valence-electron chi connectivity index (χ4n) is 2.74. The van der Waals surface area contributed by atoms with Crippen LogP contribution in [0, 0.1) is 0 Å². The monoisotopic (exact) mass is 350 g/mol. The van der Waals surface area contributed by atoms with Crippen LogP contribution in [0.4, 0.5) is 0 Å². The number of carbonyl (C=O) groups is 2. The van der Waals surface area contributed by atoms with E-state index in [4.69, 9.17) is 0 Å². The molecule has 24 heavy (non-hydrogen) atoms. The molecule has 2 amide bonds. The lowest BCUT2D eigenvalue weighted by molar-refractivity contribution is -0.122. The van der Waals surface area contributed by atoms with Gasteiger partial charge in [0.2, 0.25) is 20.9 Å². The smallest absolute Gasteiger partial charge is 0.272 e. The number of pyridine rings is 1. The van der Waals surface area contributed by atoms with Crippen molar-refractivity contribution in [2.75, 3.05) is 12.8 Å². The maximum atomic E-state index is 12.6. The van der Waals surface area contributed by atoms with E-state index in [1.54, 1.807) is 18.2 Å². The van der Waals surface area contributed by atoms with Gasteiger partial charge in [-0.1, -0.05) is 6.07 Å². The molecule has 0 radical (unpaired) electrons. The molecule has 1 atom stereocenters. The van der Waals surface area contributed by atoms with Gasteiger partial charge in [-0.05, 0) is 31.4 Å². The van der Waals surface area contributed by atoms with Gasteiger partial charge in [-0.2, -0.15) is 0 Å². The highest BCUT2D eigenvalue weighted by molar-refractivity contribution is 7.90. The normalized spacial score (nSPS) is 18.9. The van der Waals surface area contributed by atoms with Crippen molar-refractivity contribution in [3.8, 4) is 0 Å². The molecule has 2 aromatic heterocycles. The van der Waals surface area contributed by atoms with Crippen molar-refractivity contribution >= 4 is 27.2 Å². The summed E-state index contributed by atoms with van der Waals surface area (Å²) in [5, 5.41) is 5.20. The second-order valence-corrected chi connectivity index (χ2v) is 7.69. The molecule has 2 N–H and O–H groups in total. The first-order valence-electron chi connectivity index (χ1n) is 7.63. The van der Waals surface area contributed by atoms with E-state index < -0.39 is 21.8 Å². The number of hydrogen-bond donors (Lipinski definition) is 2. The zero-order valence-corrected chi connectivity index (χ0v) is 14.0. The quantitative estimate of drug-likeness (QED) is 0.818. The maximum absolute atomic E-state index is 12.6. The molecule has 8 nitrogen and oxygen atoms in total. The van der Waals surface area contributed by atoms with Gasteiger partial charge in [0.05, 0.1) is 5.52 Å². The maximum Gasteiger partial charge on any atom is 0.272 e. The molecule has 1 saturated heterocycles. The Bertz CT molecular complexity index is 903. The van der Waals surface area contributed by atoms with Crippen molar-refractivity contribution in [3.63, 3.8) is 0 Å². The fourth-order valence-corrected chi connectivity index (χ4v) is 3.52. The molecule has 2 aromatic rings. The Morgan fingerprint density at radius 2 is 2.17 bits per heavy atom. The van der Waals surface area contributed by atoms with E-state index in [0.717, 1.165) is 19.1 Å². The van der Waals surface area contributed by atoms with Gasteiger partial charge in [0.15, 0.2) is 5.69 Å². The Morgan fingerprint density at radius 3 is 2.92 bits per heavy atom. The summed E-state index contributed by atoms with van der Waals surface area (Å²) in [6.07, 6.45) is 4.80. The molecule has 1 aliphatic rings. The van der Waals surface area contributed by atoms with E-state index >= 15 is 0 Å². The molecule has 0 spiro atoms. The van der Waals surface area contributed by atoms with E-state index in [2.05, 4.69) is 15.6 Å². The number of carbonyl (C=O) groups excluding carboxylic acids is 2. The number of aromatic nitrogens is 2. The van der Waals surface area contributed by atoms with Crippen LogP contribution in [-0.4, -0.2) is 48.5 Å². The van der Waals surface area contributed by atoms with E-state index in [-0.39, 0.29) is 16.8 Å². The van der Waals surface area contributed by atoms with E-state index in [9.17, 15) is 18.0 Å². The second-order valence-electron chi connectivity index (χ2n) is 5.78. The highest BCUT2D eigenvalue weighted by Crippen LogP contribution is 2.17. The van der Waals surface area contributed by atoms with Crippen LogP contribution in [0.25, 0.3) is 5.52 Å². The summed E-state index contributed by atoms with van der Waals surface area (Å²) >= 11 is 0. The van der Waals surface area contributed by atoms with Crippen molar-refractivity contribution < 1.29 is 18.0 Å². The predicted octanol–water partition coefficient (Wildman–Crippen LogP) is 0.136. The van der Waals surface area contributed by atoms with Gasteiger partial charge >= 0.3 is 0 Å². The lowest BCUT2D eigenvalue weighted by atomic mass is 10.1. The lowest BCUT2D eigenvalue weighted by Gasteiger charge is -2.14. The van der Waals surface area contributed by atoms with Gasteiger partial charge < -0.3 is 10.6 Å². The summed E-state index contributed by atoms with van der Waals surface area (Å²) in [5.74, 6) is -0.789. The lowest BCUT2D eigenvalue weighted by Crippen LogP contribution is -2.45. The minimum Gasteiger partial charge on any atom is -0.354 e. The molecule has 0 aromatic carbocycles. The van der Waals surface area contributed by atoms with E-state index in [1.807, 2.05) is 0 Å². The molecular formula is C15H18N4O4S. The minimum absolute atomic E-state index is 0.00641. The first-order chi connectivity index (χ1) is 11.4.